The Hall–Kier alpha value is -0.120. The van der Waals surface area contributed by atoms with Crippen LogP contribution in [-0.4, -0.2) is 36.5 Å². The van der Waals surface area contributed by atoms with Gasteiger partial charge in [-0.25, -0.2) is 0 Å². The first-order valence-electron chi connectivity index (χ1n) is 5.69. The van der Waals surface area contributed by atoms with E-state index in [0.717, 1.165) is 19.3 Å². The van der Waals surface area contributed by atoms with E-state index in [4.69, 9.17) is 4.74 Å². The number of hydrogen-bond acceptors (Lipinski definition) is 3. The second kappa shape index (κ2) is 4.17. The van der Waals surface area contributed by atoms with Gasteiger partial charge in [-0.2, -0.15) is 0 Å². The lowest BCUT2D eigenvalue weighted by Gasteiger charge is -2.31. The van der Waals surface area contributed by atoms with E-state index in [2.05, 4.69) is 5.32 Å². The summed E-state index contributed by atoms with van der Waals surface area (Å²) in [5.41, 5.74) is 0.0836. The van der Waals surface area contributed by atoms with Crippen molar-refractivity contribution in [2.24, 2.45) is 0 Å². The van der Waals surface area contributed by atoms with Crippen LogP contribution in [-0.2, 0) is 4.74 Å². The molecule has 14 heavy (non-hydrogen) atoms. The van der Waals surface area contributed by atoms with E-state index < -0.39 is 0 Å². The second-order valence-electron chi connectivity index (χ2n) is 4.80. The molecule has 2 aliphatic rings. The van der Waals surface area contributed by atoms with E-state index >= 15 is 0 Å². The molecule has 2 unspecified atom stereocenters. The molecule has 3 nitrogen and oxygen atoms in total. The van der Waals surface area contributed by atoms with E-state index in [-0.39, 0.29) is 5.54 Å². The number of nitrogens with one attached hydrogen (secondary N) is 1. The third-order valence-corrected chi connectivity index (χ3v) is 3.63. The first kappa shape index (κ1) is 10.4. The highest BCUT2D eigenvalue weighted by Crippen LogP contribution is 2.36. The molecule has 2 atom stereocenters. The Bertz CT molecular complexity index is 192. The Balaban J connectivity index is 1.80. The first-order chi connectivity index (χ1) is 6.78. The number of methoxy groups -OCH3 is 1. The highest BCUT2D eigenvalue weighted by Gasteiger charge is 2.43. The van der Waals surface area contributed by atoms with Crippen molar-refractivity contribution in [3.05, 3.63) is 0 Å². The molecule has 0 aromatic rings. The summed E-state index contributed by atoms with van der Waals surface area (Å²) in [6.45, 7) is 0.293. The van der Waals surface area contributed by atoms with Gasteiger partial charge in [-0.3, -0.25) is 0 Å². The van der Waals surface area contributed by atoms with Gasteiger partial charge in [-0.15, -0.1) is 0 Å². The van der Waals surface area contributed by atoms with Gasteiger partial charge in [-0.05, 0) is 38.5 Å². The highest BCUT2D eigenvalue weighted by molar-refractivity contribution is 5.03. The lowest BCUT2D eigenvalue weighted by atomic mass is 9.92. The summed E-state index contributed by atoms with van der Waals surface area (Å²) in [6.07, 6.45) is 7.49. The molecule has 2 aliphatic carbocycles. The van der Waals surface area contributed by atoms with E-state index in [0.29, 0.717) is 18.8 Å². The van der Waals surface area contributed by atoms with E-state index in [9.17, 15) is 5.11 Å². The van der Waals surface area contributed by atoms with E-state index in [1.165, 1.54) is 19.3 Å². The fraction of sp³-hybridized carbons (Fsp3) is 1.00. The van der Waals surface area contributed by atoms with Crippen LogP contribution in [0, 0.1) is 0 Å². The molecule has 0 spiro atoms. The smallest absolute Gasteiger partial charge is 0.0613 e. The fourth-order valence-corrected chi connectivity index (χ4v) is 2.42. The lowest BCUT2D eigenvalue weighted by Crippen LogP contribution is -2.45. The quantitative estimate of drug-likeness (QED) is 0.711. The van der Waals surface area contributed by atoms with Crippen LogP contribution < -0.4 is 5.32 Å². The van der Waals surface area contributed by atoms with E-state index in [1.54, 1.807) is 7.11 Å². The predicted octanol–water partition coefficient (Wildman–Crippen LogP) is 1.06. The molecule has 82 valence electrons. The molecule has 2 saturated carbocycles. The minimum absolute atomic E-state index is 0.0836. The second-order valence-corrected chi connectivity index (χ2v) is 4.80. The number of rotatable bonds is 4. The van der Waals surface area contributed by atoms with Gasteiger partial charge in [0.15, 0.2) is 0 Å². The van der Waals surface area contributed by atoms with E-state index in [1.807, 2.05) is 0 Å². The Kier molecular flexibility index (Phi) is 3.10. The minimum Gasteiger partial charge on any atom is -0.394 e. The average molecular weight is 199 g/mol. The third-order valence-electron chi connectivity index (χ3n) is 3.63. The average Bonchev–Trinajstić information content (AvgIpc) is 2.99. The molecule has 0 radical (unpaired) electrons. The zero-order valence-electron chi connectivity index (χ0n) is 8.96. The number of ether oxygens (including phenoxy) is 1. The third kappa shape index (κ3) is 2.27. The Morgan fingerprint density at radius 1 is 1.43 bits per heavy atom. The van der Waals surface area contributed by atoms with Crippen molar-refractivity contribution in [2.45, 2.75) is 56.2 Å². The van der Waals surface area contributed by atoms with Crippen molar-refractivity contribution in [2.75, 3.05) is 13.7 Å². The standard InChI is InChI=1S/C11H21NO2/c1-14-10-4-2-3-9(7-10)12-11(8-13)5-6-11/h9-10,12-13H,2-8H2,1H3. The molecule has 0 aromatic heterocycles. The Labute approximate surface area is 85.8 Å². The van der Waals surface area contributed by atoms with Crippen molar-refractivity contribution in [1.29, 1.82) is 0 Å². The highest BCUT2D eigenvalue weighted by atomic mass is 16.5. The van der Waals surface area contributed by atoms with Crippen LogP contribution in [0.25, 0.3) is 0 Å². The van der Waals surface area contributed by atoms with Gasteiger partial charge < -0.3 is 15.2 Å². The topological polar surface area (TPSA) is 41.5 Å². The van der Waals surface area contributed by atoms with Gasteiger partial charge in [0, 0.05) is 18.7 Å². The first-order valence-corrected chi connectivity index (χ1v) is 5.69. The summed E-state index contributed by atoms with van der Waals surface area (Å²) in [5, 5.41) is 12.8. The van der Waals surface area contributed by atoms with Gasteiger partial charge in [0.1, 0.15) is 0 Å². The lowest BCUT2D eigenvalue weighted by molar-refractivity contribution is 0.0538. The summed E-state index contributed by atoms with van der Waals surface area (Å²) in [6, 6.07) is 0.559. The fourth-order valence-electron chi connectivity index (χ4n) is 2.42. The van der Waals surface area contributed by atoms with Crippen LogP contribution >= 0.6 is 0 Å². The molecule has 0 aliphatic heterocycles. The maximum absolute atomic E-state index is 9.22. The van der Waals surface area contributed by atoms with Crippen LogP contribution in [0.2, 0.25) is 0 Å². The van der Waals surface area contributed by atoms with Crippen LogP contribution in [0.5, 0.6) is 0 Å². The van der Waals surface area contributed by atoms with Crippen molar-refractivity contribution in [3.63, 3.8) is 0 Å². The minimum atomic E-state index is 0.0836. The zero-order chi connectivity index (χ0) is 10.0. The van der Waals surface area contributed by atoms with Gasteiger partial charge in [0.2, 0.25) is 0 Å². The van der Waals surface area contributed by atoms with Crippen LogP contribution in [0.4, 0.5) is 0 Å². The molecule has 2 N–H and O–H groups in total. The molecule has 0 saturated heterocycles. The van der Waals surface area contributed by atoms with Crippen LogP contribution in [0.15, 0.2) is 0 Å². The normalized spacial score (nSPS) is 35.6. The summed E-state index contributed by atoms with van der Waals surface area (Å²) in [4.78, 5) is 0. The number of aliphatic hydroxyl groups is 1. The van der Waals surface area contributed by atoms with Crippen LogP contribution in [0.1, 0.15) is 38.5 Å². The molecule has 0 heterocycles. The molecule has 0 bridgehead atoms. The predicted molar refractivity (Wildman–Crippen MR) is 55.2 cm³/mol. The monoisotopic (exact) mass is 199 g/mol. The zero-order valence-corrected chi connectivity index (χ0v) is 8.96. The number of aliphatic hydroxyl groups excluding tert-OH is 1. The SMILES string of the molecule is COC1CCCC(NC2(CO)CC2)C1. The molecule has 2 rings (SSSR count). The van der Waals surface area contributed by atoms with Crippen molar-refractivity contribution in [3.8, 4) is 0 Å². The van der Waals surface area contributed by atoms with Crippen molar-refractivity contribution >= 4 is 0 Å². The van der Waals surface area contributed by atoms with Crippen molar-refractivity contribution in [1.82, 2.24) is 5.32 Å². The summed E-state index contributed by atoms with van der Waals surface area (Å²) in [5.74, 6) is 0. The molecule has 0 aromatic carbocycles. The largest absolute Gasteiger partial charge is 0.394 e. The summed E-state index contributed by atoms with van der Waals surface area (Å²) >= 11 is 0. The molecule has 3 heteroatoms. The summed E-state index contributed by atoms with van der Waals surface area (Å²) < 4.78 is 5.39. The Morgan fingerprint density at radius 3 is 2.79 bits per heavy atom. The maximum atomic E-state index is 9.22. The molecular weight excluding hydrogens is 178 g/mol. The maximum Gasteiger partial charge on any atom is 0.0613 e. The van der Waals surface area contributed by atoms with Crippen molar-refractivity contribution < 1.29 is 9.84 Å². The van der Waals surface area contributed by atoms with Gasteiger partial charge in [-0.1, -0.05) is 0 Å². The van der Waals surface area contributed by atoms with Gasteiger partial charge in [0.05, 0.1) is 12.7 Å². The molecule has 0 amide bonds. The summed E-state index contributed by atoms with van der Waals surface area (Å²) in [7, 11) is 1.80. The number of hydrogen-bond donors (Lipinski definition) is 2. The van der Waals surface area contributed by atoms with Gasteiger partial charge in [0.25, 0.3) is 0 Å². The molecular formula is C11H21NO2. The van der Waals surface area contributed by atoms with Crippen LogP contribution in [0.3, 0.4) is 0 Å². The molecule has 2 fully saturated rings. The van der Waals surface area contributed by atoms with Gasteiger partial charge >= 0.3 is 0 Å². The Morgan fingerprint density at radius 2 is 2.21 bits per heavy atom.